The molecule has 0 bridgehead atoms. The van der Waals surface area contributed by atoms with Crippen molar-refractivity contribution >= 4 is 50.6 Å². The van der Waals surface area contributed by atoms with Crippen molar-refractivity contribution in [2.75, 3.05) is 4.90 Å². The second-order valence-electron chi connectivity index (χ2n) is 5.64. The fourth-order valence-corrected chi connectivity index (χ4v) is 3.73. The number of rotatable bonds is 3. The highest BCUT2D eigenvalue weighted by Gasteiger charge is 2.32. The maximum absolute atomic E-state index is 12.9. The summed E-state index contributed by atoms with van der Waals surface area (Å²) in [5.74, 6) is 0.277. The quantitative estimate of drug-likeness (QED) is 0.528. The van der Waals surface area contributed by atoms with Gasteiger partial charge in [-0.25, -0.2) is 4.98 Å². The van der Waals surface area contributed by atoms with Gasteiger partial charge in [-0.05, 0) is 37.1 Å². The summed E-state index contributed by atoms with van der Waals surface area (Å²) >= 11 is 16.1. The molecule has 2 unspecified atom stereocenters. The average molecular weight is 417 g/mol. The number of benzene rings is 1. The van der Waals surface area contributed by atoms with Crippen LogP contribution in [0.5, 0.6) is 0 Å². The van der Waals surface area contributed by atoms with Crippen molar-refractivity contribution in [2.24, 2.45) is 0 Å². The van der Waals surface area contributed by atoms with Crippen LogP contribution in [0.15, 0.2) is 33.7 Å². The zero-order valence-electron chi connectivity index (χ0n) is 12.8. The number of hydrogen-bond donors (Lipinski definition) is 0. The zero-order chi connectivity index (χ0) is 16.7. The van der Waals surface area contributed by atoms with E-state index in [1.807, 2.05) is 32.0 Å². The number of aromatic nitrogens is 2. The molecular weight excluding hydrogens is 401 g/mol. The molecule has 2 heterocycles. The fourth-order valence-electron chi connectivity index (χ4n) is 2.77. The number of hydrogen-bond acceptors (Lipinski definition) is 3. The van der Waals surface area contributed by atoms with Gasteiger partial charge in [0.25, 0.3) is 5.56 Å². The molecule has 0 N–H and O–H groups in total. The Morgan fingerprint density at radius 1 is 1.48 bits per heavy atom. The first-order valence-electron chi connectivity index (χ1n) is 7.42. The molecule has 1 aliphatic heterocycles. The number of halogens is 3. The Morgan fingerprint density at radius 3 is 2.91 bits per heavy atom. The van der Waals surface area contributed by atoms with Crippen LogP contribution < -0.4 is 10.5 Å². The Balaban J connectivity index is 2.17. The summed E-state index contributed by atoms with van der Waals surface area (Å²) in [4.78, 5) is 18.9. The first-order valence-corrected chi connectivity index (χ1v) is 9.03. The van der Waals surface area contributed by atoms with Crippen molar-refractivity contribution in [3.8, 4) is 0 Å². The number of nitrogens with zero attached hydrogens (tertiary/aromatic N) is 3. The predicted octanol–water partition coefficient (Wildman–Crippen LogP) is 4.89. The van der Waals surface area contributed by atoms with Crippen molar-refractivity contribution in [1.82, 2.24) is 9.55 Å². The third kappa shape index (κ3) is 3.02. The van der Waals surface area contributed by atoms with E-state index in [-0.39, 0.29) is 28.1 Å². The molecule has 0 saturated carbocycles. The molecule has 0 radical (unpaired) electrons. The van der Waals surface area contributed by atoms with Crippen molar-refractivity contribution in [1.29, 1.82) is 0 Å². The largest absolute Gasteiger partial charge is 0.306 e. The summed E-state index contributed by atoms with van der Waals surface area (Å²) in [5.41, 5.74) is 1.44. The Bertz CT molecular complexity index is 808. The lowest BCUT2D eigenvalue weighted by Gasteiger charge is -2.23. The molecule has 2 atom stereocenters. The molecule has 0 spiro atoms. The van der Waals surface area contributed by atoms with Gasteiger partial charge in [-0.2, -0.15) is 0 Å². The SMILES string of the molecule is CCC(C)n1cc(Cl)nc(N2c3ccc(Br)cc3CC2Cl)c1=O. The van der Waals surface area contributed by atoms with E-state index >= 15 is 0 Å². The van der Waals surface area contributed by atoms with E-state index in [9.17, 15) is 4.79 Å². The molecule has 0 aliphatic carbocycles. The topological polar surface area (TPSA) is 38.1 Å². The van der Waals surface area contributed by atoms with Gasteiger partial charge in [0, 0.05) is 28.8 Å². The first-order chi connectivity index (χ1) is 10.9. The second kappa shape index (κ2) is 6.46. The monoisotopic (exact) mass is 415 g/mol. The molecule has 122 valence electrons. The van der Waals surface area contributed by atoms with Gasteiger partial charge in [-0.3, -0.25) is 4.79 Å². The molecule has 7 heteroatoms. The van der Waals surface area contributed by atoms with Gasteiger partial charge in [0.05, 0.1) is 0 Å². The lowest BCUT2D eigenvalue weighted by molar-refractivity contribution is 0.511. The number of fused-ring (bicyclic) bond motifs is 1. The molecule has 1 aromatic carbocycles. The van der Waals surface area contributed by atoms with Gasteiger partial charge < -0.3 is 9.47 Å². The minimum Gasteiger partial charge on any atom is -0.306 e. The van der Waals surface area contributed by atoms with Crippen LogP contribution in [0.25, 0.3) is 0 Å². The molecule has 0 saturated heterocycles. The van der Waals surface area contributed by atoms with Crippen molar-refractivity contribution in [2.45, 2.75) is 38.2 Å². The maximum atomic E-state index is 12.9. The Morgan fingerprint density at radius 2 is 2.22 bits per heavy atom. The summed E-state index contributed by atoms with van der Waals surface area (Å²) in [6.45, 7) is 4.01. The third-order valence-electron chi connectivity index (χ3n) is 4.15. The van der Waals surface area contributed by atoms with Crippen LogP contribution in [0.3, 0.4) is 0 Å². The summed E-state index contributed by atoms with van der Waals surface area (Å²) in [6.07, 6.45) is 3.06. The van der Waals surface area contributed by atoms with Gasteiger partial charge in [-0.15, -0.1) is 0 Å². The van der Waals surface area contributed by atoms with Crippen LogP contribution in [0, 0.1) is 0 Å². The van der Waals surface area contributed by atoms with Crippen LogP contribution in [0.4, 0.5) is 11.5 Å². The summed E-state index contributed by atoms with van der Waals surface area (Å²) in [5, 5.41) is 0.286. The molecule has 4 nitrogen and oxygen atoms in total. The molecule has 23 heavy (non-hydrogen) atoms. The van der Waals surface area contributed by atoms with Crippen LogP contribution in [0.1, 0.15) is 31.9 Å². The number of alkyl halides is 1. The smallest absolute Gasteiger partial charge is 0.294 e. The molecule has 1 aliphatic rings. The fraction of sp³-hybridized carbons (Fsp3) is 0.375. The highest BCUT2D eigenvalue weighted by atomic mass is 79.9. The van der Waals surface area contributed by atoms with E-state index in [1.165, 1.54) is 0 Å². The predicted molar refractivity (Wildman–Crippen MR) is 98.1 cm³/mol. The van der Waals surface area contributed by atoms with Crippen LogP contribution in [-0.2, 0) is 6.42 Å². The average Bonchev–Trinajstić information content (AvgIpc) is 2.83. The first kappa shape index (κ1) is 16.8. The summed E-state index contributed by atoms with van der Waals surface area (Å²) < 4.78 is 2.61. The van der Waals surface area contributed by atoms with E-state index in [0.29, 0.717) is 6.42 Å². The van der Waals surface area contributed by atoms with Crippen molar-refractivity contribution in [3.05, 3.63) is 49.9 Å². The maximum Gasteiger partial charge on any atom is 0.294 e. The Kier molecular flexibility index (Phi) is 4.72. The van der Waals surface area contributed by atoms with E-state index in [1.54, 1.807) is 15.7 Å². The Hall–Kier alpha value is -1.04. The Labute approximate surface area is 153 Å². The van der Waals surface area contributed by atoms with Crippen LogP contribution >= 0.6 is 39.1 Å². The standard InChI is InChI=1S/C16H16BrCl2N3O/c1-3-9(2)21-8-13(18)20-15(16(21)23)22-12-5-4-11(17)6-10(12)7-14(22)19/h4-6,8-9,14H,3,7H2,1-2H3. The molecule has 0 amide bonds. The van der Waals surface area contributed by atoms with E-state index in [0.717, 1.165) is 22.1 Å². The highest BCUT2D eigenvalue weighted by Crippen LogP contribution is 2.39. The lowest BCUT2D eigenvalue weighted by Crippen LogP contribution is -2.33. The lowest BCUT2D eigenvalue weighted by atomic mass is 10.2. The molecule has 1 aromatic heterocycles. The van der Waals surface area contributed by atoms with Gasteiger partial charge in [0.2, 0.25) is 5.82 Å². The van der Waals surface area contributed by atoms with Gasteiger partial charge in [-0.1, -0.05) is 46.1 Å². The zero-order valence-corrected chi connectivity index (χ0v) is 15.9. The molecule has 2 aromatic rings. The van der Waals surface area contributed by atoms with E-state index in [2.05, 4.69) is 20.9 Å². The van der Waals surface area contributed by atoms with Crippen LogP contribution in [0.2, 0.25) is 5.15 Å². The van der Waals surface area contributed by atoms with Gasteiger partial charge in [0.1, 0.15) is 10.7 Å². The van der Waals surface area contributed by atoms with Crippen molar-refractivity contribution in [3.63, 3.8) is 0 Å². The normalized spacial score (nSPS) is 18.1. The summed E-state index contributed by atoms with van der Waals surface area (Å²) in [6, 6.07) is 5.93. The van der Waals surface area contributed by atoms with E-state index in [4.69, 9.17) is 23.2 Å². The molecule has 0 fully saturated rings. The molecule has 3 rings (SSSR count). The number of anilines is 2. The third-order valence-corrected chi connectivity index (χ3v) is 5.17. The van der Waals surface area contributed by atoms with Gasteiger partial charge >= 0.3 is 0 Å². The second-order valence-corrected chi connectivity index (χ2v) is 7.45. The van der Waals surface area contributed by atoms with Crippen LogP contribution in [-0.4, -0.2) is 15.1 Å². The molecular formula is C16H16BrCl2N3O. The minimum atomic E-state index is -0.358. The minimum absolute atomic E-state index is 0.0440. The van der Waals surface area contributed by atoms with Gasteiger partial charge in [0.15, 0.2) is 0 Å². The summed E-state index contributed by atoms with van der Waals surface area (Å²) in [7, 11) is 0. The van der Waals surface area contributed by atoms with Crippen molar-refractivity contribution < 1.29 is 0 Å². The highest BCUT2D eigenvalue weighted by molar-refractivity contribution is 9.10. The van der Waals surface area contributed by atoms with E-state index < -0.39 is 0 Å².